The zero-order valence-corrected chi connectivity index (χ0v) is 15.0. The van der Waals surface area contributed by atoms with Crippen molar-refractivity contribution in [2.45, 2.75) is 58.0 Å². The van der Waals surface area contributed by atoms with E-state index in [2.05, 4.69) is 58.9 Å². The van der Waals surface area contributed by atoms with E-state index in [9.17, 15) is 0 Å². The van der Waals surface area contributed by atoms with Crippen molar-refractivity contribution in [3.63, 3.8) is 0 Å². The molecule has 118 valence electrons. The lowest BCUT2D eigenvalue weighted by atomic mass is 9.95. The molecule has 0 bridgehead atoms. The smallest absolute Gasteiger partial charge is 0.0510 e. The predicted molar refractivity (Wildman–Crippen MR) is 94.4 cm³/mol. The summed E-state index contributed by atoms with van der Waals surface area (Å²) in [7, 11) is 0. The van der Waals surface area contributed by atoms with Crippen molar-refractivity contribution in [1.29, 1.82) is 0 Å². The molecular weight excluding hydrogens is 324 g/mol. The van der Waals surface area contributed by atoms with E-state index in [1.54, 1.807) is 0 Å². The van der Waals surface area contributed by atoms with Crippen LogP contribution in [0, 0.1) is 5.92 Å². The Kier molecular flexibility index (Phi) is 6.72. The molecule has 21 heavy (non-hydrogen) atoms. The molecule has 0 radical (unpaired) electrons. The summed E-state index contributed by atoms with van der Waals surface area (Å²) < 4.78 is 1.19. The van der Waals surface area contributed by atoms with E-state index in [1.165, 1.54) is 48.8 Å². The zero-order valence-electron chi connectivity index (χ0n) is 13.4. The van der Waals surface area contributed by atoms with Gasteiger partial charge in [0.15, 0.2) is 0 Å². The number of likely N-dealkylation sites (tertiary alicyclic amines) is 1. The Morgan fingerprint density at radius 1 is 1.24 bits per heavy atom. The quantitative estimate of drug-likeness (QED) is 0.828. The van der Waals surface area contributed by atoms with Gasteiger partial charge < -0.3 is 5.73 Å². The summed E-state index contributed by atoms with van der Waals surface area (Å²) >= 11 is 3.72. The zero-order chi connectivity index (χ0) is 15.2. The van der Waals surface area contributed by atoms with Crippen molar-refractivity contribution in [2.24, 2.45) is 11.7 Å². The SMILES string of the molecule is CCC1CCCN(C(c2ccccc2Br)C(N)CC)CC1. The molecule has 1 heterocycles. The molecule has 2 N–H and O–H groups in total. The molecule has 1 aromatic carbocycles. The van der Waals surface area contributed by atoms with Crippen LogP contribution in [0.5, 0.6) is 0 Å². The Labute approximate surface area is 138 Å². The lowest BCUT2D eigenvalue weighted by Crippen LogP contribution is -2.41. The molecule has 1 aliphatic rings. The van der Waals surface area contributed by atoms with Crippen LogP contribution in [0.2, 0.25) is 0 Å². The standard InChI is InChI=1S/C18H29BrN2/c1-3-14-8-7-12-21(13-11-14)18(17(20)4-2)15-9-5-6-10-16(15)19/h5-6,9-10,14,17-18H,3-4,7-8,11-13,20H2,1-2H3. The summed E-state index contributed by atoms with van der Waals surface area (Å²) in [6.07, 6.45) is 6.31. The van der Waals surface area contributed by atoms with E-state index in [1.807, 2.05) is 0 Å². The van der Waals surface area contributed by atoms with E-state index >= 15 is 0 Å². The normalized spacial score (nSPS) is 23.5. The summed E-state index contributed by atoms with van der Waals surface area (Å²) in [6, 6.07) is 9.10. The summed E-state index contributed by atoms with van der Waals surface area (Å²) in [5.41, 5.74) is 7.85. The minimum atomic E-state index is 0.196. The van der Waals surface area contributed by atoms with Crippen molar-refractivity contribution in [1.82, 2.24) is 4.90 Å². The second kappa shape index (κ2) is 8.30. The topological polar surface area (TPSA) is 29.3 Å². The first kappa shape index (κ1) is 17.0. The fourth-order valence-corrected chi connectivity index (χ4v) is 4.03. The van der Waals surface area contributed by atoms with Crippen LogP contribution in [-0.2, 0) is 0 Å². The van der Waals surface area contributed by atoms with Crippen molar-refractivity contribution in [2.75, 3.05) is 13.1 Å². The highest BCUT2D eigenvalue weighted by Gasteiger charge is 2.28. The summed E-state index contributed by atoms with van der Waals surface area (Å²) in [5, 5.41) is 0. The van der Waals surface area contributed by atoms with Crippen LogP contribution in [-0.4, -0.2) is 24.0 Å². The predicted octanol–water partition coefficient (Wildman–Crippen LogP) is 4.74. The third-order valence-corrected chi connectivity index (χ3v) is 5.68. The summed E-state index contributed by atoms with van der Waals surface area (Å²) in [4.78, 5) is 2.63. The number of rotatable bonds is 5. The fourth-order valence-electron chi connectivity index (χ4n) is 3.51. The molecule has 3 atom stereocenters. The Balaban J connectivity index is 2.22. The number of benzene rings is 1. The van der Waals surface area contributed by atoms with Gasteiger partial charge >= 0.3 is 0 Å². The van der Waals surface area contributed by atoms with Crippen LogP contribution in [0.1, 0.15) is 57.6 Å². The van der Waals surface area contributed by atoms with Gasteiger partial charge in [0.1, 0.15) is 0 Å². The van der Waals surface area contributed by atoms with Gasteiger partial charge in [-0.3, -0.25) is 4.90 Å². The van der Waals surface area contributed by atoms with Gasteiger partial charge in [-0.25, -0.2) is 0 Å². The fraction of sp³-hybridized carbons (Fsp3) is 0.667. The highest BCUT2D eigenvalue weighted by Crippen LogP contribution is 2.33. The highest BCUT2D eigenvalue weighted by atomic mass is 79.9. The van der Waals surface area contributed by atoms with E-state index in [4.69, 9.17) is 5.73 Å². The molecule has 0 aliphatic carbocycles. The largest absolute Gasteiger partial charge is 0.326 e. The van der Waals surface area contributed by atoms with Crippen molar-refractivity contribution in [3.8, 4) is 0 Å². The number of hydrogen-bond acceptors (Lipinski definition) is 2. The lowest BCUT2D eigenvalue weighted by molar-refractivity contribution is 0.172. The minimum absolute atomic E-state index is 0.196. The summed E-state index contributed by atoms with van der Waals surface area (Å²) in [6.45, 7) is 6.87. The van der Waals surface area contributed by atoms with E-state index in [0.717, 1.165) is 12.3 Å². The molecule has 1 saturated heterocycles. The lowest BCUT2D eigenvalue weighted by Gasteiger charge is -2.35. The van der Waals surface area contributed by atoms with E-state index in [0.29, 0.717) is 6.04 Å². The van der Waals surface area contributed by atoms with Crippen molar-refractivity contribution in [3.05, 3.63) is 34.3 Å². The average molecular weight is 353 g/mol. The van der Waals surface area contributed by atoms with Gasteiger partial charge in [0.05, 0.1) is 6.04 Å². The molecule has 2 rings (SSSR count). The first-order valence-corrected chi connectivity index (χ1v) is 9.20. The molecular formula is C18H29BrN2. The van der Waals surface area contributed by atoms with Gasteiger partial charge in [-0.15, -0.1) is 0 Å². The maximum absolute atomic E-state index is 6.50. The number of nitrogens with zero attached hydrogens (tertiary/aromatic N) is 1. The third kappa shape index (κ3) is 4.30. The Hall–Kier alpha value is -0.380. The molecule has 3 unspecified atom stereocenters. The molecule has 1 aromatic rings. The molecule has 2 nitrogen and oxygen atoms in total. The molecule has 0 saturated carbocycles. The average Bonchev–Trinajstić information content (AvgIpc) is 2.75. The van der Waals surface area contributed by atoms with E-state index < -0.39 is 0 Å². The third-order valence-electron chi connectivity index (χ3n) is 4.95. The molecule has 3 heteroatoms. The molecule has 1 fully saturated rings. The van der Waals surface area contributed by atoms with Gasteiger partial charge in [0, 0.05) is 10.5 Å². The van der Waals surface area contributed by atoms with Crippen LogP contribution in [0.4, 0.5) is 0 Å². The maximum Gasteiger partial charge on any atom is 0.0510 e. The van der Waals surface area contributed by atoms with Crippen LogP contribution < -0.4 is 5.73 Å². The molecule has 0 amide bonds. The Bertz CT molecular complexity index is 435. The number of hydrogen-bond donors (Lipinski definition) is 1. The highest BCUT2D eigenvalue weighted by molar-refractivity contribution is 9.10. The molecule has 0 spiro atoms. The second-order valence-corrected chi connectivity index (χ2v) is 7.13. The maximum atomic E-state index is 6.50. The van der Waals surface area contributed by atoms with Gasteiger partial charge in [-0.1, -0.05) is 54.4 Å². The Morgan fingerprint density at radius 3 is 2.67 bits per heavy atom. The molecule has 0 aromatic heterocycles. The monoisotopic (exact) mass is 352 g/mol. The number of halogens is 1. The van der Waals surface area contributed by atoms with Crippen LogP contribution in [0.15, 0.2) is 28.7 Å². The number of nitrogens with two attached hydrogens (primary N) is 1. The van der Waals surface area contributed by atoms with Gasteiger partial charge in [0.25, 0.3) is 0 Å². The van der Waals surface area contributed by atoms with Gasteiger partial charge in [-0.2, -0.15) is 0 Å². The van der Waals surface area contributed by atoms with Gasteiger partial charge in [-0.05, 0) is 56.3 Å². The second-order valence-electron chi connectivity index (χ2n) is 6.28. The van der Waals surface area contributed by atoms with Gasteiger partial charge in [0.2, 0.25) is 0 Å². The van der Waals surface area contributed by atoms with Crippen LogP contribution >= 0.6 is 15.9 Å². The summed E-state index contributed by atoms with van der Waals surface area (Å²) in [5.74, 6) is 0.896. The van der Waals surface area contributed by atoms with Crippen molar-refractivity contribution < 1.29 is 0 Å². The van der Waals surface area contributed by atoms with Crippen LogP contribution in [0.25, 0.3) is 0 Å². The Morgan fingerprint density at radius 2 is 2.00 bits per heavy atom. The molecule has 1 aliphatic heterocycles. The first-order chi connectivity index (χ1) is 10.2. The van der Waals surface area contributed by atoms with Crippen molar-refractivity contribution >= 4 is 15.9 Å². The van der Waals surface area contributed by atoms with E-state index in [-0.39, 0.29) is 6.04 Å². The first-order valence-electron chi connectivity index (χ1n) is 8.41. The minimum Gasteiger partial charge on any atom is -0.326 e. The van der Waals surface area contributed by atoms with Crippen LogP contribution in [0.3, 0.4) is 0 Å².